The van der Waals surface area contributed by atoms with Gasteiger partial charge in [-0.1, -0.05) is 18.2 Å². The molecule has 0 atom stereocenters. The lowest BCUT2D eigenvalue weighted by Gasteiger charge is -2.03. The number of para-hydroxylation sites is 1. The van der Waals surface area contributed by atoms with Crippen molar-refractivity contribution in [3.05, 3.63) is 66.1 Å². The molecule has 5 nitrogen and oxygen atoms in total. The van der Waals surface area contributed by atoms with E-state index in [1.54, 1.807) is 24.3 Å². The van der Waals surface area contributed by atoms with Crippen molar-refractivity contribution in [3.63, 3.8) is 0 Å². The Labute approximate surface area is 130 Å². The third-order valence-corrected chi connectivity index (χ3v) is 3.68. The topological polar surface area (TPSA) is 75.1 Å². The molecule has 0 aliphatic heterocycles. The van der Waals surface area contributed by atoms with Crippen molar-refractivity contribution in [1.82, 2.24) is 4.98 Å². The van der Waals surface area contributed by atoms with Gasteiger partial charge >= 0.3 is 0 Å². The lowest BCUT2D eigenvalue weighted by Crippen LogP contribution is -2.11. The summed E-state index contributed by atoms with van der Waals surface area (Å²) in [7, 11) is 0. The maximum Gasteiger partial charge on any atom is 0.272 e. The van der Waals surface area contributed by atoms with Crippen molar-refractivity contribution in [3.8, 4) is 0 Å². The second-order valence-corrected chi connectivity index (χ2v) is 5.24. The Balaban J connectivity index is 1.63. The fourth-order valence-corrected chi connectivity index (χ4v) is 2.59. The Morgan fingerprint density at radius 1 is 1.04 bits per heavy atom. The molecule has 0 saturated heterocycles. The number of aromatic nitrogens is 1. The summed E-state index contributed by atoms with van der Waals surface area (Å²) in [4.78, 5) is 26.2. The molecule has 23 heavy (non-hydrogen) atoms. The summed E-state index contributed by atoms with van der Waals surface area (Å²) >= 11 is 0. The van der Waals surface area contributed by atoms with Crippen LogP contribution in [0.2, 0.25) is 0 Å². The van der Waals surface area contributed by atoms with Gasteiger partial charge in [0.05, 0.1) is 0 Å². The summed E-state index contributed by atoms with van der Waals surface area (Å²) < 4.78 is 5.31. The molecular formula is C18H12N2O3. The number of nitrogens with one attached hydrogen (secondary N) is 2. The van der Waals surface area contributed by atoms with Crippen molar-refractivity contribution >= 4 is 39.8 Å². The molecule has 0 aliphatic carbocycles. The highest BCUT2D eigenvalue weighted by molar-refractivity contribution is 6.06. The van der Waals surface area contributed by atoms with E-state index in [4.69, 9.17) is 4.42 Å². The van der Waals surface area contributed by atoms with Crippen LogP contribution in [0.15, 0.2) is 59.0 Å². The number of hydrogen-bond acceptors (Lipinski definition) is 3. The molecule has 2 N–H and O–H groups in total. The first-order chi connectivity index (χ1) is 11.2. The smallest absolute Gasteiger partial charge is 0.272 e. The van der Waals surface area contributed by atoms with Gasteiger partial charge in [0, 0.05) is 22.0 Å². The minimum atomic E-state index is -0.223. The number of hydrogen-bond donors (Lipinski definition) is 2. The zero-order valence-corrected chi connectivity index (χ0v) is 12.0. The van der Waals surface area contributed by atoms with Crippen LogP contribution in [0.5, 0.6) is 0 Å². The molecule has 5 heteroatoms. The van der Waals surface area contributed by atoms with Gasteiger partial charge in [-0.25, -0.2) is 0 Å². The lowest BCUT2D eigenvalue weighted by atomic mass is 10.2. The average Bonchev–Trinajstić information content (AvgIpc) is 3.17. The fraction of sp³-hybridized carbons (Fsp3) is 0. The monoisotopic (exact) mass is 304 g/mol. The van der Waals surface area contributed by atoms with Crippen LogP contribution in [0.4, 0.5) is 5.69 Å². The number of furan rings is 1. The summed E-state index contributed by atoms with van der Waals surface area (Å²) in [5, 5.41) is 4.59. The highest BCUT2D eigenvalue weighted by Crippen LogP contribution is 2.23. The van der Waals surface area contributed by atoms with E-state index < -0.39 is 0 Å². The van der Waals surface area contributed by atoms with Crippen molar-refractivity contribution in [1.29, 1.82) is 0 Å². The minimum absolute atomic E-state index is 0.223. The van der Waals surface area contributed by atoms with E-state index in [0.29, 0.717) is 23.3 Å². The van der Waals surface area contributed by atoms with Gasteiger partial charge in [-0.2, -0.15) is 0 Å². The van der Waals surface area contributed by atoms with Gasteiger partial charge in [-0.15, -0.1) is 0 Å². The predicted octanol–water partition coefficient (Wildman–Crippen LogP) is 3.98. The molecular weight excluding hydrogens is 292 g/mol. The van der Waals surface area contributed by atoms with Crippen LogP contribution in [0.3, 0.4) is 0 Å². The van der Waals surface area contributed by atoms with Gasteiger partial charge in [0.15, 0.2) is 12.0 Å². The molecule has 0 unspecified atom stereocenters. The molecule has 0 fully saturated rings. The number of carbonyl (C=O) groups excluding carboxylic acids is 2. The molecule has 2 aromatic carbocycles. The first-order valence-corrected chi connectivity index (χ1v) is 7.11. The summed E-state index contributed by atoms with van der Waals surface area (Å²) in [5.41, 5.74) is 2.65. The van der Waals surface area contributed by atoms with Crippen LogP contribution in [0, 0.1) is 0 Å². The number of benzene rings is 2. The van der Waals surface area contributed by atoms with Crippen LogP contribution in [0.1, 0.15) is 21.0 Å². The standard InChI is InChI=1S/C18H12N2O3/c21-10-14-8-12-7-13(5-6-17(12)23-14)19-18(22)16-9-11-3-1-2-4-15(11)20-16/h1-10,20H,(H,19,22). The number of anilines is 1. The van der Waals surface area contributed by atoms with Crippen molar-refractivity contribution in [2.45, 2.75) is 0 Å². The number of aromatic amines is 1. The van der Waals surface area contributed by atoms with Crippen molar-refractivity contribution in [2.75, 3.05) is 5.32 Å². The van der Waals surface area contributed by atoms with Crippen LogP contribution >= 0.6 is 0 Å². The first kappa shape index (κ1) is 13.3. The maximum atomic E-state index is 12.4. The summed E-state index contributed by atoms with van der Waals surface area (Å²) in [5.74, 6) is 0.0405. The van der Waals surface area contributed by atoms with E-state index in [-0.39, 0.29) is 11.7 Å². The number of H-pyrrole nitrogens is 1. The van der Waals surface area contributed by atoms with Crippen LogP contribution < -0.4 is 5.32 Å². The Morgan fingerprint density at radius 3 is 2.74 bits per heavy atom. The normalized spacial score (nSPS) is 11.0. The molecule has 0 bridgehead atoms. The molecule has 4 aromatic rings. The van der Waals surface area contributed by atoms with Gasteiger partial charge in [0.2, 0.25) is 0 Å². The molecule has 4 rings (SSSR count). The molecule has 1 amide bonds. The minimum Gasteiger partial charge on any atom is -0.453 e. The highest BCUT2D eigenvalue weighted by Gasteiger charge is 2.11. The Bertz CT molecular complexity index is 1010. The predicted molar refractivity (Wildman–Crippen MR) is 87.9 cm³/mol. The summed E-state index contributed by atoms with van der Waals surface area (Å²) in [6, 6.07) is 16.4. The molecule has 112 valence electrons. The Kier molecular flexibility index (Phi) is 2.98. The van der Waals surface area contributed by atoms with Crippen molar-refractivity contribution < 1.29 is 14.0 Å². The largest absolute Gasteiger partial charge is 0.453 e. The van der Waals surface area contributed by atoms with Gasteiger partial charge < -0.3 is 14.7 Å². The number of fused-ring (bicyclic) bond motifs is 2. The van der Waals surface area contributed by atoms with Gasteiger partial charge in [-0.05, 0) is 36.4 Å². The molecule has 0 saturated carbocycles. The van der Waals surface area contributed by atoms with E-state index in [1.165, 1.54) is 0 Å². The van der Waals surface area contributed by atoms with Gasteiger partial charge in [0.25, 0.3) is 5.91 Å². The fourth-order valence-electron chi connectivity index (χ4n) is 2.59. The van der Waals surface area contributed by atoms with E-state index in [9.17, 15) is 9.59 Å². The number of aldehydes is 1. The number of carbonyl (C=O) groups is 2. The quantitative estimate of drug-likeness (QED) is 0.562. The van der Waals surface area contributed by atoms with Gasteiger partial charge in [-0.3, -0.25) is 9.59 Å². The van der Waals surface area contributed by atoms with Crippen LogP contribution in [-0.4, -0.2) is 17.2 Å². The first-order valence-electron chi connectivity index (χ1n) is 7.11. The van der Waals surface area contributed by atoms with E-state index >= 15 is 0 Å². The summed E-state index contributed by atoms with van der Waals surface area (Å²) in [6.45, 7) is 0. The number of amides is 1. The van der Waals surface area contributed by atoms with Gasteiger partial charge in [0.1, 0.15) is 11.3 Å². The van der Waals surface area contributed by atoms with E-state index in [2.05, 4.69) is 10.3 Å². The molecule has 0 radical (unpaired) electrons. The number of rotatable bonds is 3. The second kappa shape index (κ2) is 5.14. The average molecular weight is 304 g/mol. The molecule has 0 aliphatic rings. The summed E-state index contributed by atoms with van der Waals surface area (Å²) in [6.07, 6.45) is 0.655. The highest BCUT2D eigenvalue weighted by atomic mass is 16.3. The zero-order valence-electron chi connectivity index (χ0n) is 12.0. The van der Waals surface area contributed by atoms with E-state index in [0.717, 1.165) is 16.3 Å². The molecule has 0 spiro atoms. The van der Waals surface area contributed by atoms with Crippen LogP contribution in [-0.2, 0) is 0 Å². The Morgan fingerprint density at radius 2 is 1.91 bits per heavy atom. The maximum absolute atomic E-state index is 12.4. The SMILES string of the molecule is O=Cc1cc2cc(NC(=O)c3cc4ccccc4[nH]3)ccc2o1. The van der Waals surface area contributed by atoms with Crippen LogP contribution in [0.25, 0.3) is 21.9 Å². The lowest BCUT2D eigenvalue weighted by molar-refractivity contribution is 0.102. The van der Waals surface area contributed by atoms with Crippen molar-refractivity contribution in [2.24, 2.45) is 0 Å². The third-order valence-electron chi connectivity index (χ3n) is 3.68. The second-order valence-electron chi connectivity index (χ2n) is 5.24. The Hall–Kier alpha value is -3.34. The zero-order chi connectivity index (χ0) is 15.8. The molecule has 2 heterocycles. The third kappa shape index (κ3) is 2.38. The van der Waals surface area contributed by atoms with E-state index in [1.807, 2.05) is 30.3 Å². The molecule has 2 aromatic heterocycles.